The molecule has 1 aliphatic carbocycles. The first-order valence-electron chi connectivity index (χ1n) is 7.92. The maximum Gasteiger partial charge on any atom is -0.00176 e. The van der Waals surface area contributed by atoms with Crippen LogP contribution in [0, 0.1) is 24.7 Å². The third-order valence-electron chi connectivity index (χ3n) is 4.52. The molecule has 0 bridgehead atoms. The standard InChI is InChI=1S/C18H29N/c1-14(2)12-19-13-18-10-6-9-17(18)11-16-8-5-4-7-15(16)3/h4-5,7-8,14,17-19H,6,9-13H2,1-3H3. The molecule has 1 fully saturated rings. The van der Waals surface area contributed by atoms with Crippen molar-refractivity contribution in [2.45, 2.75) is 46.5 Å². The molecule has 19 heavy (non-hydrogen) atoms. The van der Waals surface area contributed by atoms with Gasteiger partial charge in [-0.15, -0.1) is 0 Å². The Morgan fingerprint density at radius 1 is 1.16 bits per heavy atom. The summed E-state index contributed by atoms with van der Waals surface area (Å²) in [6, 6.07) is 8.89. The van der Waals surface area contributed by atoms with Crippen molar-refractivity contribution < 1.29 is 0 Å². The fourth-order valence-electron chi connectivity index (χ4n) is 3.33. The topological polar surface area (TPSA) is 12.0 Å². The minimum Gasteiger partial charge on any atom is -0.316 e. The minimum atomic E-state index is 0.760. The molecule has 1 nitrogen and oxygen atoms in total. The van der Waals surface area contributed by atoms with Crippen LogP contribution >= 0.6 is 0 Å². The third kappa shape index (κ3) is 4.35. The van der Waals surface area contributed by atoms with E-state index < -0.39 is 0 Å². The van der Waals surface area contributed by atoms with Crippen molar-refractivity contribution in [1.29, 1.82) is 0 Å². The van der Waals surface area contributed by atoms with Crippen LogP contribution < -0.4 is 5.32 Å². The molecule has 1 N–H and O–H groups in total. The highest BCUT2D eigenvalue weighted by Crippen LogP contribution is 2.34. The summed E-state index contributed by atoms with van der Waals surface area (Å²) in [5.74, 6) is 2.54. The van der Waals surface area contributed by atoms with E-state index in [4.69, 9.17) is 0 Å². The lowest BCUT2D eigenvalue weighted by Gasteiger charge is -2.21. The largest absolute Gasteiger partial charge is 0.316 e. The Hall–Kier alpha value is -0.820. The number of hydrogen-bond acceptors (Lipinski definition) is 1. The zero-order valence-corrected chi connectivity index (χ0v) is 12.8. The fraction of sp³-hybridized carbons (Fsp3) is 0.667. The van der Waals surface area contributed by atoms with Gasteiger partial charge < -0.3 is 5.32 Å². The molecule has 1 aromatic carbocycles. The van der Waals surface area contributed by atoms with Crippen LogP contribution in [0.5, 0.6) is 0 Å². The second kappa shape index (κ2) is 7.09. The van der Waals surface area contributed by atoms with E-state index in [0.29, 0.717) is 0 Å². The predicted octanol–water partition coefficient (Wildman–Crippen LogP) is 4.20. The van der Waals surface area contributed by atoms with Crippen LogP contribution in [-0.2, 0) is 6.42 Å². The summed E-state index contributed by atoms with van der Waals surface area (Å²) in [4.78, 5) is 0. The molecule has 2 rings (SSSR count). The van der Waals surface area contributed by atoms with Gasteiger partial charge >= 0.3 is 0 Å². The fourth-order valence-corrected chi connectivity index (χ4v) is 3.33. The molecule has 2 unspecified atom stereocenters. The molecule has 2 atom stereocenters. The highest BCUT2D eigenvalue weighted by atomic mass is 14.9. The third-order valence-corrected chi connectivity index (χ3v) is 4.52. The van der Waals surface area contributed by atoms with Crippen molar-refractivity contribution >= 4 is 0 Å². The summed E-state index contributed by atoms with van der Waals surface area (Å²) in [6.45, 7) is 9.19. The summed E-state index contributed by atoms with van der Waals surface area (Å²) < 4.78 is 0. The molecule has 0 radical (unpaired) electrons. The number of rotatable bonds is 6. The number of aryl methyl sites for hydroxylation is 1. The van der Waals surface area contributed by atoms with Gasteiger partial charge in [-0.05, 0) is 68.2 Å². The van der Waals surface area contributed by atoms with Crippen molar-refractivity contribution in [2.75, 3.05) is 13.1 Å². The number of benzene rings is 1. The van der Waals surface area contributed by atoms with Gasteiger partial charge in [0.15, 0.2) is 0 Å². The van der Waals surface area contributed by atoms with Crippen molar-refractivity contribution in [3.8, 4) is 0 Å². The Kier molecular flexibility index (Phi) is 5.45. The van der Waals surface area contributed by atoms with Crippen LogP contribution in [0.15, 0.2) is 24.3 Å². The predicted molar refractivity (Wildman–Crippen MR) is 83.4 cm³/mol. The van der Waals surface area contributed by atoms with Gasteiger partial charge in [-0.1, -0.05) is 44.5 Å². The van der Waals surface area contributed by atoms with Gasteiger partial charge in [-0.3, -0.25) is 0 Å². The molecular weight excluding hydrogens is 230 g/mol. The van der Waals surface area contributed by atoms with E-state index in [1.54, 1.807) is 5.56 Å². The summed E-state index contributed by atoms with van der Waals surface area (Å²) >= 11 is 0. The van der Waals surface area contributed by atoms with Gasteiger partial charge in [0, 0.05) is 0 Å². The molecule has 1 saturated carbocycles. The highest BCUT2D eigenvalue weighted by Gasteiger charge is 2.27. The average Bonchev–Trinajstić information content (AvgIpc) is 2.79. The molecular formula is C18H29N. The van der Waals surface area contributed by atoms with Gasteiger partial charge in [0.1, 0.15) is 0 Å². The molecule has 1 heteroatoms. The lowest BCUT2D eigenvalue weighted by Crippen LogP contribution is -2.29. The van der Waals surface area contributed by atoms with Crippen LogP contribution in [0.2, 0.25) is 0 Å². The summed E-state index contributed by atoms with van der Waals surface area (Å²) in [6.07, 6.45) is 5.54. The van der Waals surface area contributed by atoms with Crippen LogP contribution in [0.3, 0.4) is 0 Å². The minimum absolute atomic E-state index is 0.760. The van der Waals surface area contributed by atoms with Crippen molar-refractivity contribution in [1.82, 2.24) is 5.32 Å². The SMILES string of the molecule is Cc1ccccc1CC1CCCC1CNCC(C)C. The molecule has 0 saturated heterocycles. The summed E-state index contributed by atoms with van der Waals surface area (Å²) in [7, 11) is 0. The molecule has 0 amide bonds. The molecule has 1 aliphatic rings. The molecule has 1 aromatic rings. The lowest BCUT2D eigenvalue weighted by atomic mass is 9.88. The molecule has 0 spiro atoms. The smallest absolute Gasteiger partial charge is 0.00176 e. The van der Waals surface area contributed by atoms with Gasteiger partial charge in [-0.2, -0.15) is 0 Å². The Balaban J connectivity index is 1.87. The van der Waals surface area contributed by atoms with Gasteiger partial charge in [0.2, 0.25) is 0 Å². The summed E-state index contributed by atoms with van der Waals surface area (Å²) in [5, 5.41) is 3.66. The number of hydrogen-bond donors (Lipinski definition) is 1. The highest BCUT2D eigenvalue weighted by molar-refractivity contribution is 5.26. The van der Waals surface area contributed by atoms with E-state index in [9.17, 15) is 0 Å². The van der Waals surface area contributed by atoms with E-state index >= 15 is 0 Å². The van der Waals surface area contributed by atoms with Gasteiger partial charge in [0.05, 0.1) is 0 Å². The molecule has 0 aromatic heterocycles. The maximum atomic E-state index is 3.66. The van der Waals surface area contributed by atoms with Gasteiger partial charge in [-0.25, -0.2) is 0 Å². The summed E-state index contributed by atoms with van der Waals surface area (Å²) in [5.41, 5.74) is 3.02. The Morgan fingerprint density at radius 3 is 2.63 bits per heavy atom. The van der Waals surface area contributed by atoms with Crippen LogP contribution in [0.4, 0.5) is 0 Å². The zero-order chi connectivity index (χ0) is 13.7. The van der Waals surface area contributed by atoms with E-state index in [2.05, 4.69) is 50.4 Å². The van der Waals surface area contributed by atoms with Crippen molar-refractivity contribution in [3.63, 3.8) is 0 Å². The Bertz CT molecular complexity index is 383. The molecule has 0 heterocycles. The second-order valence-electron chi connectivity index (χ2n) is 6.63. The first-order valence-corrected chi connectivity index (χ1v) is 7.92. The first-order chi connectivity index (χ1) is 9.16. The molecule has 0 aliphatic heterocycles. The van der Waals surface area contributed by atoms with Crippen LogP contribution in [0.1, 0.15) is 44.2 Å². The monoisotopic (exact) mass is 259 g/mol. The quantitative estimate of drug-likeness (QED) is 0.807. The normalized spacial score (nSPS) is 23.2. The first kappa shape index (κ1) is 14.6. The van der Waals surface area contributed by atoms with E-state index in [0.717, 1.165) is 24.3 Å². The van der Waals surface area contributed by atoms with Crippen molar-refractivity contribution in [2.24, 2.45) is 17.8 Å². The van der Waals surface area contributed by atoms with E-state index in [1.807, 2.05) is 0 Å². The Labute approximate surface area is 118 Å². The zero-order valence-electron chi connectivity index (χ0n) is 12.8. The second-order valence-corrected chi connectivity index (χ2v) is 6.63. The average molecular weight is 259 g/mol. The molecule has 106 valence electrons. The van der Waals surface area contributed by atoms with Crippen LogP contribution in [0.25, 0.3) is 0 Å². The number of nitrogens with one attached hydrogen (secondary N) is 1. The lowest BCUT2D eigenvalue weighted by molar-refractivity contribution is 0.357. The maximum absolute atomic E-state index is 3.66. The van der Waals surface area contributed by atoms with Crippen LogP contribution in [-0.4, -0.2) is 13.1 Å². The van der Waals surface area contributed by atoms with E-state index in [1.165, 1.54) is 37.8 Å². The Morgan fingerprint density at radius 2 is 1.89 bits per heavy atom. The van der Waals surface area contributed by atoms with E-state index in [-0.39, 0.29) is 0 Å². The van der Waals surface area contributed by atoms with Gasteiger partial charge in [0.25, 0.3) is 0 Å². The van der Waals surface area contributed by atoms with Crippen molar-refractivity contribution in [3.05, 3.63) is 35.4 Å².